The van der Waals surface area contributed by atoms with Gasteiger partial charge in [-0.25, -0.2) is 0 Å². The van der Waals surface area contributed by atoms with Crippen LogP contribution in [0.5, 0.6) is 0 Å². The Hall–Kier alpha value is -1.39. The van der Waals surface area contributed by atoms with E-state index in [1.165, 1.54) is 7.11 Å². The lowest BCUT2D eigenvalue weighted by Gasteiger charge is -2.12. The summed E-state index contributed by atoms with van der Waals surface area (Å²) in [4.78, 5) is 11.2. The van der Waals surface area contributed by atoms with Crippen molar-refractivity contribution in [2.45, 2.75) is 6.54 Å². The quantitative estimate of drug-likeness (QED) is 0.692. The summed E-state index contributed by atoms with van der Waals surface area (Å²) in [5.41, 5.74) is 1.14. The summed E-state index contributed by atoms with van der Waals surface area (Å²) in [7, 11) is 1.32. The number of esters is 1. The molecule has 1 aromatic rings. The third-order valence-electron chi connectivity index (χ3n) is 2.32. The summed E-state index contributed by atoms with van der Waals surface area (Å²) in [6.45, 7) is 0.890. The van der Waals surface area contributed by atoms with Gasteiger partial charge in [0.2, 0.25) is 0 Å². The van der Waals surface area contributed by atoms with Gasteiger partial charge in [-0.2, -0.15) is 0 Å². The zero-order valence-corrected chi connectivity index (χ0v) is 9.35. The molecule has 88 valence electrons. The number of carbonyl (C=O) groups excluding carboxylic acids is 1. The van der Waals surface area contributed by atoms with E-state index in [0.29, 0.717) is 13.1 Å². The molecule has 4 heteroatoms. The SMILES string of the molecule is COC(=O)C(CO)CNCc1ccccc1. The Balaban J connectivity index is 2.31. The highest BCUT2D eigenvalue weighted by molar-refractivity contribution is 5.72. The average Bonchev–Trinajstić information content (AvgIpc) is 2.35. The fourth-order valence-corrected chi connectivity index (χ4v) is 1.38. The van der Waals surface area contributed by atoms with Crippen LogP contribution in [-0.2, 0) is 16.1 Å². The number of aliphatic hydroxyl groups excluding tert-OH is 1. The molecular formula is C12H17NO3. The standard InChI is InChI=1S/C12H17NO3/c1-16-12(15)11(9-14)8-13-7-10-5-3-2-4-6-10/h2-6,11,13-14H,7-9H2,1H3. The van der Waals surface area contributed by atoms with Crippen LogP contribution in [0.4, 0.5) is 0 Å². The molecular weight excluding hydrogens is 206 g/mol. The minimum absolute atomic E-state index is 0.200. The van der Waals surface area contributed by atoms with Crippen molar-refractivity contribution < 1.29 is 14.6 Å². The number of aliphatic hydroxyl groups is 1. The molecule has 0 fully saturated rings. The molecule has 0 amide bonds. The first-order valence-electron chi connectivity index (χ1n) is 5.21. The van der Waals surface area contributed by atoms with E-state index in [1.54, 1.807) is 0 Å². The predicted molar refractivity (Wildman–Crippen MR) is 60.7 cm³/mol. The number of rotatable bonds is 6. The van der Waals surface area contributed by atoms with Gasteiger partial charge in [0.05, 0.1) is 19.6 Å². The van der Waals surface area contributed by atoms with Crippen molar-refractivity contribution in [2.75, 3.05) is 20.3 Å². The second-order valence-corrected chi connectivity index (χ2v) is 3.52. The van der Waals surface area contributed by atoms with Gasteiger partial charge in [-0.3, -0.25) is 4.79 Å². The van der Waals surface area contributed by atoms with Crippen LogP contribution in [0.2, 0.25) is 0 Å². The first-order chi connectivity index (χ1) is 7.77. The lowest BCUT2D eigenvalue weighted by molar-refractivity contribution is -0.146. The maximum atomic E-state index is 11.2. The lowest BCUT2D eigenvalue weighted by Crippen LogP contribution is -2.31. The summed E-state index contributed by atoms with van der Waals surface area (Å²) in [5.74, 6) is -0.878. The van der Waals surface area contributed by atoms with Crippen LogP contribution in [0.3, 0.4) is 0 Å². The van der Waals surface area contributed by atoms with Crippen molar-refractivity contribution >= 4 is 5.97 Å². The van der Waals surface area contributed by atoms with E-state index >= 15 is 0 Å². The van der Waals surface area contributed by atoms with Crippen molar-refractivity contribution in [3.05, 3.63) is 35.9 Å². The predicted octanol–water partition coefficient (Wildman–Crippen LogP) is 0.558. The molecule has 0 bridgehead atoms. The largest absolute Gasteiger partial charge is 0.469 e. The topological polar surface area (TPSA) is 58.6 Å². The van der Waals surface area contributed by atoms with Crippen molar-refractivity contribution in [1.82, 2.24) is 5.32 Å². The minimum atomic E-state index is -0.492. The molecule has 1 rings (SSSR count). The molecule has 1 aromatic carbocycles. The van der Waals surface area contributed by atoms with Gasteiger partial charge in [-0.05, 0) is 5.56 Å². The Morgan fingerprint density at radius 1 is 1.44 bits per heavy atom. The molecule has 0 saturated heterocycles. The number of ether oxygens (including phenoxy) is 1. The van der Waals surface area contributed by atoms with Crippen molar-refractivity contribution in [2.24, 2.45) is 5.92 Å². The third kappa shape index (κ3) is 4.00. The molecule has 0 spiro atoms. The molecule has 0 aliphatic heterocycles. The highest BCUT2D eigenvalue weighted by Crippen LogP contribution is 2.00. The maximum Gasteiger partial charge on any atom is 0.312 e. The molecule has 0 radical (unpaired) electrons. The Bertz CT molecular complexity index is 313. The molecule has 16 heavy (non-hydrogen) atoms. The third-order valence-corrected chi connectivity index (χ3v) is 2.32. The number of methoxy groups -OCH3 is 1. The molecule has 4 nitrogen and oxygen atoms in total. The Morgan fingerprint density at radius 3 is 2.69 bits per heavy atom. The van der Waals surface area contributed by atoms with Gasteiger partial charge in [-0.1, -0.05) is 30.3 Å². The molecule has 1 atom stereocenters. The van der Waals surface area contributed by atoms with E-state index in [9.17, 15) is 4.79 Å². The van der Waals surface area contributed by atoms with E-state index in [-0.39, 0.29) is 12.6 Å². The average molecular weight is 223 g/mol. The van der Waals surface area contributed by atoms with Crippen molar-refractivity contribution in [3.63, 3.8) is 0 Å². The fourth-order valence-electron chi connectivity index (χ4n) is 1.38. The molecule has 0 aromatic heterocycles. The highest BCUT2D eigenvalue weighted by atomic mass is 16.5. The van der Waals surface area contributed by atoms with Gasteiger partial charge < -0.3 is 15.2 Å². The zero-order valence-electron chi connectivity index (χ0n) is 9.35. The summed E-state index contributed by atoms with van der Waals surface area (Å²) < 4.78 is 4.57. The van der Waals surface area contributed by atoms with Gasteiger partial charge in [0.15, 0.2) is 0 Å². The summed E-state index contributed by atoms with van der Waals surface area (Å²) >= 11 is 0. The highest BCUT2D eigenvalue weighted by Gasteiger charge is 2.16. The Labute approximate surface area is 95.2 Å². The molecule has 0 aliphatic carbocycles. The second-order valence-electron chi connectivity index (χ2n) is 3.52. The number of hydrogen-bond acceptors (Lipinski definition) is 4. The fraction of sp³-hybridized carbons (Fsp3) is 0.417. The molecule has 0 heterocycles. The van der Waals surface area contributed by atoms with Crippen LogP contribution >= 0.6 is 0 Å². The molecule has 1 unspecified atom stereocenters. The minimum Gasteiger partial charge on any atom is -0.469 e. The summed E-state index contributed by atoms with van der Waals surface area (Å²) in [6, 6.07) is 9.87. The monoisotopic (exact) mass is 223 g/mol. The van der Waals surface area contributed by atoms with Gasteiger partial charge >= 0.3 is 5.97 Å². The summed E-state index contributed by atoms with van der Waals surface area (Å²) in [5, 5.41) is 12.1. The van der Waals surface area contributed by atoms with E-state index in [4.69, 9.17) is 5.11 Å². The number of benzene rings is 1. The van der Waals surface area contributed by atoms with Crippen LogP contribution in [0.1, 0.15) is 5.56 Å². The van der Waals surface area contributed by atoms with Crippen molar-refractivity contribution in [3.8, 4) is 0 Å². The van der Waals surface area contributed by atoms with Gasteiger partial charge in [-0.15, -0.1) is 0 Å². The number of carbonyl (C=O) groups is 1. The smallest absolute Gasteiger partial charge is 0.312 e. The van der Waals surface area contributed by atoms with E-state index in [0.717, 1.165) is 5.56 Å². The van der Waals surface area contributed by atoms with Gasteiger partial charge in [0.25, 0.3) is 0 Å². The van der Waals surface area contributed by atoms with Gasteiger partial charge in [0.1, 0.15) is 0 Å². The first kappa shape index (κ1) is 12.7. The Morgan fingerprint density at radius 2 is 2.12 bits per heavy atom. The number of hydrogen-bond donors (Lipinski definition) is 2. The first-order valence-corrected chi connectivity index (χ1v) is 5.21. The molecule has 2 N–H and O–H groups in total. The zero-order chi connectivity index (χ0) is 11.8. The van der Waals surface area contributed by atoms with E-state index in [1.807, 2.05) is 30.3 Å². The van der Waals surface area contributed by atoms with Crippen LogP contribution in [0.15, 0.2) is 30.3 Å². The maximum absolute atomic E-state index is 11.2. The normalized spacial score (nSPS) is 12.1. The Kier molecular flexibility index (Phi) is 5.53. The molecule has 0 aliphatic rings. The number of nitrogens with one attached hydrogen (secondary N) is 1. The lowest BCUT2D eigenvalue weighted by atomic mass is 10.1. The van der Waals surface area contributed by atoms with Crippen LogP contribution < -0.4 is 5.32 Å². The second kappa shape index (κ2) is 6.98. The van der Waals surface area contributed by atoms with E-state index in [2.05, 4.69) is 10.1 Å². The van der Waals surface area contributed by atoms with Gasteiger partial charge in [0, 0.05) is 13.1 Å². The van der Waals surface area contributed by atoms with Crippen LogP contribution in [-0.4, -0.2) is 31.3 Å². The van der Waals surface area contributed by atoms with E-state index < -0.39 is 5.92 Å². The van der Waals surface area contributed by atoms with Crippen LogP contribution in [0.25, 0.3) is 0 Å². The molecule has 0 saturated carbocycles. The van der Waals surface area contributed by atoms with Crippen molar-refractivity contribution in [1.29, 1.82) is 0 Å². The summed E-state index contributed by atoms with van der Waals surface area (Å²) in [6.07, 6.45) is 0. The van der Waals surface area contributed by atoms with Crippen LogP contribution in [0, 0.1) is 5.92 Å².